The van der Waals surface area contributed by atoms with Gasteiger partial charge in [0.2, 0.25) is 5.95 Å². The van der Waals surface area contributed by atoms with Crippen molar-refractivity contribution < 1.29 is 9.53 Å². The summed E-state index contributed by atoms with van der Waals surface area (Å²) in [7, 11) is 0. The number of aromatic nitrogens is 2. The molecule has 1 amide bonds. The molecular formula is C18H29N5O2. The van der Waals surface area contributed by atoms with Gasteiger partial charge < -0.3 is 21.1 Å². The van der Waals surface area contributed by atoms with E-state index < -0.39 is 5.91 Å². The summed E-state index contributed by atoms with van der Waals surface area (Å²) >= 11 is 0. The van der Waals surface area contributed by atoms with Gasteiger partial charge in [0.25, 0.3) is 5.91 Å². The highest BCUT2D eigenvalue weighted by Crippen LogP contribution is 2.30. The van der Waals surface area contributed by atoms with Crippen LogP contribution < -0.4 is 16.4 Å². The zero-order chi connectivity index (χ0) is 17.8. The van der Waals surface area contributed by atoms with Crippen LogP contribution in [0.2, 0.25) is 0 Å². The first kappa shape index (κ1) is 17.9. The second-order valence-corrected chi connectivity index (χ2v) is 7.31. The van der Waals surface area contributed by atoms with Crippen LogP contribution in [0.15, 0.2) is 6.20 Å². The Morgan fingerprint density at radius 1 is 1.24 bits per heavy atom. The number of nitrogens with one attached hydrogen (secondary N) is 2. The minimum atomic E-state index is -0.501. The van der Waals surface area contributed by atoms with Crippen molar-refractivity contribution in [3.63, 3.8) is 0 Å². The lowest BCUT2D eigenvalue weighted by Gasteiger charge is -2.34. The van der Waals surface area contributed by atoms with Gasteiger partial charge in [-0.05, 0) is 51.4 Å². The quantitative estimate of drug-likeness (QED) is 0.700. The summed E-state index contributed by atoms with van der Waals surface area (Å²) in [4.78, 5) is 20.4. The lowest BCUT2D eigenvalue weighted by Crippen LogP contribution is -2.35. The number of rotatable bonds is 7. The first-order valence-corrected chi connectivity index (χ1v) is 9.36. The third-order valence-corrected chi connectivity index (χ3v) is 5.18. The standard InChI is InChI=1S/C18H29N5O2/c1-3-25-14-6-4-12(5-7-14)22-18-20-10-15(16(19)24)17(23-18)21-13-8-11(2)9-13/h10-14H,3-9H2,1-2H3,(H2,19,24)(H2,20,21,22,23)/t11-,12-,13-,14-. The Hall–Kier alpha value is -1.89. The van der Waals surface area contributed by atoms with Crippen molar-refractivity contribution in [2.45, 2.75) is 70.6 Å². The summed E-state index contributed by atoms with van der Waals surface area (Å²) in [6.07, 6.45) is 8.25. The maximum Gasteiger partial charge on any atom is 0.254 e. The molecule has 0 saturated heterocycles. The first-order chi connectivity index (χ1) is 12.0. The predicted octanol–water partition coefficient (Wildman–Crippen LogP) is 2.55. The molecule has 138 valence electrons. The van der Waals surface area contributed by atoms with E-state index in [2.05, 4.69) is 27.5 Å². The number of carbonyl (C=O) groups is 1. The molecule has 2 aliphatic rings. The zero-order valence-corrected chi connectivity index (χ0v) is 15.1. The maximum atomic E-state index is 11.6. The molecule has 4 N–H and O–H groups in total. The molecule has 2 saturated carbocycles. The number of anilines is 2. The second-order valence-electron chi connectivity index (χ2n) is 7.31. The molecule has 0 aliphatic heterocycles. The average Bonchev–Trinajstić information content (AvgIpc) is 2.55. The normalized spacial score (nSPS) is 28.9. The monoisotopic (exact) mass is 347 g/mol. The molecule has 1 aromatic rings. The highest BCUT2D eigenvalue weighted by atomic mass is 16.5. The van der Waals surface area contributed by atoms with Crippen LogP contribution in [0.25, 0.3) is 0 Å². The van der Waals surface area contributed by atoms with Crippen molar-refractivity contribution in [1.29, 1.82) is 0 Å². The molecule has 0 spiro atoms. The zero-order valence-electron chi connectivity index (χ0n) is 15.1. The molecule has 2 aliphatic carbocycles. The third-order valence-electron chi connectivity index (χ3n) is 5.18. The lowest BCUT2D eigenvalue weighted by atomic mass is 9.82. The maximum absolute atomic E-state index is 11.6. The van der Waals surface area contributed by atoms with Gasteiger partial charge >= 0.3 is 0 Å². The van der Waals surface area contributed by atoms with Crippen molar-refractivity contribution in [1.82, 2.24) is 9.97 Å². The van der Waals surface area contributed by atoms with Crippen molar-refractivity contribution in [3.05, 3.63) is 11.8 Å². The van der Waals surface area contributed by atoms with E-state index in [1.54, 1.807) is 0 Å². The van der Waals surface area contributed by atoms with E-state index in [0.717, 1.165) is 51.0 Å². The van der Waals surface area contributed by atoms with Crippen LogP contribution in [0.3, 0.4) is 0 Å². The van der Waals surface area contributed by atoms with Gasteiger partial charge in [0.05, 0.1) is 11.7 Å². The number of amides is 1. The van der Waals surface area contributed by atoms with E-state index in [4.69, 9.17) is 10.5 Å². The topological polar surface area (TPSA) is 102 Å². The first-order valence-electron chi connectivity index (χ1n) is 9.36. The fourth-order valence-electron chi connectivity index (χ4n) is 3.75. The number of hydrogen-bond acceptors (Lipinski definition) is 6. The van der Waals surface area contributed by atoms with Crippen molar-refractivity contribution >= 4 is 17.7 Å². The Morgan fingerprint density at radius 2 is 1.96 bits per heavy atom. The van der Waals surface area contributed by atoms with Crippen molar-refractivity contribution in [2.75, 3.05) is 17.2 Å². The van der Waals surface area contributed by atoms with Crippen LogP contribution in [0.4, 0.5) is 11.8 Å². The number of ether oxygens (including phenoxy) is 1. The van der Waals surface area contributed by atoms with Gasteiger partial charge in [-0.2, -0.15) is 4.98 Å². The molecule has 1 heterocycles. The average molecular weight is 347 g/mol. The molecule has 25 heavy (non-hydrogen) atoms. The Bertz CT molecular complexity index is 595. The van der Waals surface area contributed by atoms with Gasteiger partial charge in [-0.25, -0.2) is 4.98 Å². The molecule has 0 unspecified atom stereocenters. The molecule has 3 rings (SSSR count). The molecule has 0 bridgehead atoms. The molecule has 0 radical (unpaired) electrons. The van der Waals surface area contributed by atoms with Gasteiger partial charge in [0, 0.05) is 24.9 Å². The van der Waals surface area contributed by atoms with Gasteiger partial charge in [-0.15, -0.1) is 0 Å². The van der Waals surface area contributed by atoms with Crippen LogP contribution in [0.5, 0.6) is 0 Å². The number of nitrogens with two attached hydrogens (primary N) is 1. The van der Waals surface area contributed by atoms with Crippen LogP contribution in [-0.4, -0.2) is 40.7 Å². The number of primary amides is 1. The van der Waals surface area contributed by atoms with Gasteiger partial charge in [0.1, 0.15) is 5.82 Å². The molecule has 0 atom stereocenters. The summed E-state index contributed by atoms with van der Waals surface area (Å²) in [5.74, 6) is 1.32. The van der Waals surface area contributed by atoms with E-state index in [0.29, 0.717) is 35.5 Å². The summed E-state index contributed by atoms with van der Waals surface area (Å²) in [5.41, 5.74) is 5.81. The number of carbonyl (C=O) groups excluding carboxylic acids is 1. The van der Waals surface area contributed by atoms with Gasteiger partial charge in [0.15, 0.2) is 0 Å². The SMILES string of the molecule is CCO[C@H]1CC[C@H](Nc2ncc(C(N)=O)c(N[C@H]3C[C@H](C)C3)n2)CC1. The van der Waals surface area contributed by atoms with Crippen LogP contribution in [-0.2, 0) is 4.74 Å². The molecule has 2 fully saturated rings. The number of nitrogens with zero attached hydrogens (tertiary/aromatic N) is 2. The molecule has 7 heteroatoms. The Morgan fingerprint density at radius 3 is 2.56 bits per heavy atom. The van der Waals surface area contributed by atoms with Crippen LogP contribution in [0.1, 0.15) is 62.7 Å². The highest BCUT2D eigenvalue weighted by Gasteiger charge is 2.27. The van der Waals surface area contributed by atoms with E-state index in [-0.39, 0.29) is 0 Å². The van der Waals surface area contributed by atoms with E-state index in [1.807, 2.05) is 6.92 Å². The van der Waals surface area contributed by atoms with Crippen LogP contribution in [0, 0.1) is 5.92 Å². The fraction of sp³-hybridized carbons (Fsp3) is 0.722. The lowest BCUT2D eigenvalue weighted by molar-refractivity contribution is 0.0346. The molecule has 1 aromatic heterocycles. The Labute approximate surface area is 149 Å². The third kappa shape index (κ3) is 4.60. The fourth-order valence-corrected chi connectivity index (χ4v) is 3.75. The summed E-state index contributed by atoms with van der Waals surface area (Å²) < 4.78 is 5.69. The van der Waals surface area contributed by atoms with E-state index in [9.17, 15) is 4.79 Å². The van der Waals surface area contributed by atoms with Crippen molar-refractivity contribution in [2.24, 2.45) is 11.7 Å². The summed E-state index contributed by atoms with van der Waals surface area (Å²) in [6.45, 7) is 5.03. The van der Waals surface area contributed by atoms with Gasteiger partial charge in [-0.3, -0.25) is 4.79 Å². The summed E-state index contributed by atoms with van der Waals surface area (Å²) in [5, 5.41) is 6.75. The molecular weight excluding hydrogens is 318 g/mol. The highest BCUT2D eigenvalue weighted by molar-refractivity contribution is 5.97. The Balaban J connectivity index is 1.62. The van der Waals surface area contributed by atoms with E-state index >= 15 is 0 Å². The second kappa shape index (κ2) is 7.99. The molecule has 7 nitrogen and oxygen atoms in total. The van der Waals surface area contributed by atoms with Gasteiger partial charge in [-0.1, -0.05) is 6.92 Å². The minimum Gasteiger partial charge on any atom is -0.379 e. The smallest absolute Gasteiger partial charge is 0.254 e. The summed E-state index contributed by atoms with van der Waals surface area (Å²) in [6, 6.07) is 0.699. The predicted molar refractivity (Wildman–Crippen MR) is 97.7 cm³/mol. The van der Waals surface area contributed by atoms with E-state index in [1.165, 1.54) is 6.20 Å². The van der Waals surface area contributed by atoms with Crippen molar-refractivity contribution in [3.8, 4) is 0 Å². The van der Waals surface area contributed by atoms with Crippen LogP contribution >= 0.6 is 0 Å². The molecule has 0 aromatic carbocycles. The minimum absolute atomic E-state index is 0.340. The Kier molecular flexibility index (Phi) is 5.73. The number of hydrogen-bond donors (Lipinski definition) is 3. The largest absolute Gasteiger partial charge is 0.379 e.